The van der Waals surface area contributed by atoms with E-state index in [0.29, 0.717) is 4.47 Å². The summed E-state index contributed by atoms with van der Waals surface area (Å²) in [5.74, 6) is -0.0946. The van der Waals surface area contributed by atoms with Crippen LogP contribution in [0, 0.1) is 10.1 Å². The number of pyridine rings is 1. The zero-order valence-electron chi connectivity index (χ0n) is 10.4. The summed E-state index contributed by atoms with van der Waals surface area (Å²) in [7, 11) is 0. The van der Waals surface area contributed by atoms with E-state index in [2.05, 4.69) is 26.1 Å². The number of aromatic nitrogens is 1. The number of nitrogens with two attached hydrogens (primary N) is 1. The van der Waals surface area contributed by atoms with Crippen molar-refractivity contribution < 1.29 is 14.9 Å². The standard InChI is InChI=1S/C12H9BrN4O4/c13-7-3-1-5-9(17(19)20)11(7)21-10-6-2-4-8(15-10)12(14)16-18/h1-6,18H,(H2,14,16). The highest BCUT2D eigenvalue weighted by Crippen LogP contribution is 2.37. The van der Waals surface area contributed by atoms with Crippen molar-refractivity contribution >= 4 is 27.5 Å². The zero-order valence-corrected chi connectivity index (χ0v) is 12.0. The average Bonchev–Trinajstić information content (AvgIpc) is 2.48. The molecule has 0 aliphatic rings. The van der Waals surface area contributed by atoms with E-state index in [4.69, 9.17) is 15.7 Å². The van der Waals surface area contributed by atoms with Crippen LogP contribution in [0.1, 0.15) is 5.69 Å². The predicted molar refractivity (Wildman–Crippen MR) is 77.6 cm³/mol. The van der Waals surface area contributed by atoms with Crippen molar-refractivity contribution in [2.24, 2.45) is 10.9 Å². The zero-order chi connectivity index (χ0) is 15.4. The lowest BCUT2D eigenvalue weighted by Crippen LogP contribution is -2.15. The van der Waals surface area contributed by atoms with Gasteiger partial charge in [-0.3, -0.25) is 10.1 Å². The summed E-state index contributed by atoms with van der Waals surface area (Å²) in [5, 5.41) is 22.4. The van der Waals surface area contributed by atoms with Crippen molar-refractivity contribution in [2.45, 2.75) is 0 Å². The fraction of sp³-hybridized carbons (Fsp3) is 0. The first-order valence-corrected chi connectivity index (χ1v) is 6.38. The molecular weight excluding hydrogens is 344 g/mol. The summed E-state index contributed by atoms with van der Waals surface area (Å²) in [5.41, 5.74) is 5.41. The van der Waals surface area contributed by atoms with Crippen LogP contribution in [0.3, 0.4) is 0 Å². The molecule has 0 atom stereocenters. The van der Waals surface area contributed by atoms with Crippen LogP contribution in [0.15, 0.2) is 46.0 Å². The summed E-state index contributed by atoms with van der Waals surface area (Å²) in [6, 6.07) is 9.02. The first kappa shape index (κ1) is 14.7. The summed E-state index contributed by atoms with van der Waals surface area (Å²) < 4.78 is 5.85. The van der Waals surface area contributed by atoms with Gasteiger partial charge in [0.05, 0.1) is 9.40 Å². The maximum atomic E-state index is 11.0. The first-order valence-electron chi connectivity index (χ1n) is 5.58. The summed E-state index contributed by atoms with van der Waals surface area (Å²) in [6.07, 6.45) is 0. The van der Waals surface area contributed by atoms with Crippen molar-refractivity contribution in [2.75, 3.05) is 0 Å². The SMILES string of the molecule is N/C(=N/O)c1cccc(Oc2c(Br)cccc2[N+](=O)[O-])n1. The molecule has 0 bridgehead atoms. The Bertz CT molecular complexity index is 720. The van der Waals surface area contributed by atoms with Crippen LogP contribution < -0.4 is 10.5 Å². The number of oxime groups is 1. The molecule has 2 rings (SSSR count). The number of nitro benzene ring substituents is 1. The van der Waals surface area contributed by atoms with Gasteiger partial charge in [0.2, 0.25) is 11.6 Å². The van der Waals surface area contributed by atoms with Crippen LogP contribution in [0.5, 0.6) is 11.6 Å². The van der Waals surface area contributed by atoms with Crippen LogP contribution in [0.2, 0.25) is 0 Å². The molecule has 0 saturated heterocycles. The summed E-state index contributed by atoms with van der Waals surface area (Å²) in [4.78, 5) is 14.4. The second-order valence-electron chi connectivity index (χ2n) is 3.79. The predicted octanol–water partition coefficient (Wildman–Crippen LogP) is 2.64. The van der Waals surface area contributed by atoms with E-state index < -0.39 is 4.92 Å². The molecule has 2 aromatic rings. The van der Waals surface area contributed by atoms with Crippen molar-refractivity contribution in [3.05, 3.63) is 56.7 Å². The molecule has 0 radical (unpaired) electrons. The molecule has 3 N–H and O–H groups in total. The van der Waals surface area contributed by atoms with Crippen molar-refractivity contribution in [1.29, 1.82) is 0 Å². The number of ether oxygens (including phenoxy) is 1. The molecule has 1 heterocycles. The molecule has 108 valence electrons. The fourth-order valence-corrected chi connectivity index (χ4v) is 1.95. The van der Waals surface area contributed by atoms with Crippen LogP contribution >= 0.6 is 15.9 Å². The monoisotopic (exact) mass is 352 g/mol. The molecule has 0 aliphatic heterocycles. The van der Waals surface area contributed by atoms with E-state index in [1.54, 1.807) is 12.1 Å². The highest BCUT2D eigenvalue weighted by Gasteiger charge is 2.19. The van der Waals surface area contributed by atoms with Crippen molar-refractivity contribution in [3.8, 4) is 11.6 Å². The Balaban J connectivity index is 2.41. The first-order chi connectivity index (χ1) is 10.0. The quantitative estimate of drug-likeness (QED) is 0.286. The third kappa shape index (κ3) is 3.26. The maximum Gasteiger partial charge on any atom is 0.312 e. The van der Waals surface area contributed by atoms with Gasteiger partial charge in [-0.05, 0) is 28.1 Å². The molecule has 0 saturated carbocycles. The van der Waals surface area contributed by atoms with Crippen LogP contribution in [-0.2, 0) is 0 Å². The molecule has 1 aromatic heterocycles. The van der Waals surface area contributed by atoms with Gasteiger partial charge >= 0.3 is 5.69 Å². The number of para-hydroxylation sites is 1. The Kier molecular flexibility index (Phi) is 4.33. The summed E-state index contributed by atoms with van der Waals surface area (Å²) in [6.45, 7) is 0. The van der Waals surface area contributed by atoms with Gasteiger partial charge in [-0.25, -0.2) is 4.98 Å². The molecule has 0 aliphatic carbocycles. The van der Waals surface area contributed by atoms with Crippen LogP contribution in [-0.4, -0.2) is 21.0 Å². The molecular formula is C12H9BrN4O4. The van der Waals surface area contributed by atoms with Crippen molar-refractivity contribution in [1.82, 2.24) is 4.98 Å². The van der Waals surface area contributed by atoms with Gasteiger partial charge in [0.25, 0.3) is 0 Å². The third-order valence-corrected chi connectivity index (χ3v) is 3.07. The molecule has 0 unspecified atom stereocenters. The van der Waals surface area contributed by atoms with E-state index in [1.165, 1.54) is 24.3 Å². The number of rotatable bonds is 4. The number of hydrogen-bond acceptors (Lipinski definition) is 6. The van der Waals surface area contributed by atoms with Gasteiger partial charge < -0.3 is 15.7 Å². The number of benzene rings is 1. The maximum absolute atomic E-state index is 11.0. The molecule has 0 fully saturated rings. The van der Waals surface area contributed by atoms with E-state index in [-0.39, 0.29) is 28.8 Å². The number of nitro groups is 1. The largest absolute Gasteiger partial charge is 0.431 e. The summed E-state index contributed by atoms with van der Waals surface area (Å²) >= 11 is 3.19. The van der Waals surface area contributed by atoms with Gasteiger partial charge in [-0.2, -0.15) is 0 Å². The van der Waals surface area contributed by atoms with Gasteiger partial charge in [0.15, 0.2) is 5.84 Å². The van der Waals surface area contributed by atoms with E-state index in [9.17, 15) is 10.1 Å². The van der Waals surface area contributed by atoms with Crippen molar-refractivity contribution in [3.63, 3.8) is 0 Å². The van der Waals surface area contributed by atoms with Crippen LogP contribution in [0.25, 0.3) is 0 Å². The minimum absolute atomic E-state index is 0.0201. The number of hydrogen-bond donors (Lipinski definition) is 2. The van der Waals surface area contributed by atoms with E-state index in [1.807, 2.05) is 0 Å². The molecule has 0 amide bonds. The highest BCUT2D eigenvalue weighted by molar-refractivity contribution is 9.10. The Morgan fingerprint density at radius 3 is 2.76 bits per heavy atom. The lowest BCUT2D eigenvalue weighted by molar-refractivity contribution is -0.385. The van der Waals surface area contributed by atoms with Gasteiger partial charge in [-0.1, -0.05) is 17.3 Å². The molecule has 8 nitrogen and oxygen atoms in total. The normalized spacial score (nSPS) is 11.2. The highest BCUT2D eigenvalue weighted by atomic mass is 79.9. The Labute approximate surface area is 127 Å². The number of amidine groups is 1. The second kappa shape index (κ2) is 6.18. The Morgan fingerprint density at radius 1 is 1.38 bits per heavy atom. The van der Waals surface area contributed by atoms with E-state index >= 15 is 0 Å². The minimum atomic E-state index is -0.562. The Morgan fingerprint density at radius 2 is 2.10 bits per heavy atom. The smallest absolute Gasteiger partial charge is 0.312 e. The topological polar surface area (TPSA) is 124 Å². The Hall–Kier alpha value is -2.68. The lowest BCUT2D eigenvalue weighted by atomic mass is 10.3. The van der Waals surface area contributed by atoms with Gasteiger partial charge in [-0.15, -0.1) is 0 Å². The number of nitrogens with zero attached hydrogens (tertiary/aromatic N) is 3. The minimum Gasteiger partial charge on any atom is -0.431 e. The third-order valence-electron chi connectivity index (χ3n) is 2.44. The average molecular weight is 353 g/mol. The van der Waals surface area contributed by atoms with Crippen LogP contribution in [0.4, 0.5) is 5.69 Å². The molecule has 1 aromatic carbocycles. The molecule has 9 heteroatoms. The fourth-order valence-electron chi connectivity index (χ4n) is 1.51. The van der Waals surface area contributed by atoms with Gasteiger partial charge in [0, 0.05) is 12.1 Å². The van der Waals surface area contributed by atoms with E-state index in [0.717, 1.165) is 0 Å². The van der Waals surface area contributed by atoms with Gasteiger partial charge in [0.1, 0.15) is 5.69 Å². The molecule has 21 heavy (non-hydrogen) atoms. The molecule has 0 spiro atoms. The second-order valence-corrected chi connectivity index (χ2v) is 4.65. The lowest BCUT2D eigenvalue weighted by Gasteiger charge is -2.08. The number of halogens is 1.